The summed E-state index contributed by atoms with van der Waals surface area (Å²) in [6.45, 7) is 2.13. The molecular weight excluding hydrogens is 581 g/mol. The van der Waals surface area contributed by atoms with Crippen LogP contribution < -0.4 is 23.8 Å². The van der Waals surface area contributed by atoms with E-state index in [1.54, 1.807) is 49.5 Å². The summed E-state index contributed by atoms with van der Waals surface area (Å²) < 4.78 is 35.1. The Bertz CT molecular complexity index is 1680. The van der Waals surface area contributed by atoms with Crippen LogP contribution in [0.5, 0.6) is 23.0 Å². The number of amides is 2. The Kier molecular flexibility index (Phi) is 8.63. The van der Waals surface area contributed by atoms with Crippen LogP contribution in [-0.4, -0.2) is 85.5 Å². The molecule has 3 heterocycles. The Hall–Kier alpha value is -5.39. The van der Waals surface area contributed by atoms with E-state index in [2.05, 4.69) is 15.1 Å². The van der Waals surface area contributed by atoms with E-state index in [0.29, 0.717) is 71.8 Å². The Balaban J connectivity index is 1.10. The number of rotatable bonds is 9. The summed E-state index contributed by atoms with van der Waals surface area (Å²) in [7, 11) is 3.17. The first kappa shape index (κ1) is 29.7. The van der Waals surface area contributed by atoms with Crippen LogP contribution in [0.3, 0.4) is 0 Å². The third-order valence-electron chi connectivity index (χ3n) is 7.81. The zero-order valence-corrected chi connectivity index (χ0v) is 24.9. The standard InChI is InChI=1S/C33H32FN5O6/c1-42-27-10-5-23(17-29(27)43-2)26-9-12-31(36-35-26)37-13-15-38(16-14-37)32(40)20-39(19-22-3-7-25(34)8-4-22)33(41)24-6-11-28-30(18-24)45-21-44-28/h3-12,17-18H,13-16,19-21H2,1-2H3. The highest BCUT2D eigenvalue weighted by molar-refractivity contribution is 5.97. The number of anilines is 1. The van der Waals surface area contributed by atoms with Crippen molar-refractivity contribution in [1.82, 2.24) is 20.0 Å². The summed E-state index contributed by atoms with van der Waals surface area (Å²) in [5.41, 5.74) is 2.62. The molecule has 0 N–H and O–H groups in total. The Labute approximate surface area is 259 Å². The van der Waals surface area contributed by atoms with E-state index in [1.165, 1.54) is 17.0 Å². The Morgan fingerprint density at radius 3 is 2.31 bits per heavy atom. The molecule has 4 aromatic rings. The lowest BCUT2D eigenvalue weighted by Crippen LogP contribution is -2.52. The lowest BCUT2D eigenvalue weighted by atomic mass is 10.1. The fourth-order valence-corrected chi connectivity index (χ4v) is 5.31. The van der Waals surface area contributed by atoms with Gasteiger partial charge in [0.15, 0.2) is 28.8 Å². The molecule has 0 radical (unpaired) electrons. The van der Waals surface area contributed by atoms with E-state index in [9.17, 15) is 14.0 Å². The van der Waals surface area contributed by atoms with Gasteiger partial charge >= 0.3 is 0 Å². The lowest BCUT2D eigenvalue weighted by Gasteiger charge is -2.36. The largest absolute Gasteiger partial charge is 0.493 e. The molecule has 1 fully saturated rings. The molecule has 0 atom stereocenters. The van der Waals surface area contributed by atoms with Gasteiger partial charge in [-0.2, -0.15) is 0 Å². The van der Waals surface area contributed by atoms with E-state index in [1.807, 2.05) is 30.3 Å². The van der Waals surface area contributed by atoms with Gasteiger partial charge in [0.1, 0.15) is 12.4 Å². The molecule has 0 spiro atoms. The lowest BCUT2D eigenvalue weighted by molar-refractivity contribution is -0.132. The van der Waals surface area contributed by atoms with E-state index in [4.69, 9.17) is 18.9 Å². The first-order valence-electron chi connectivity index (χ1n) is 14.4. The molecule has 2 amide bonds. The second-order valence-electron chi connectivity index (χ2n) is 10.6. The highest BCUT2D eigenvalue weighted by Crippen LogP contribution is 2.33. The van der Waals surface area contributed by atoms with Gasteiger partial charge in [-0.05, 0) is 66.2 Å². The summed E-state index contributed by atoms with van der Waals surface area (Å²) in [4.78, 5) is 32.4. The van der Waals surface area contributed by atoms with Crippen molar-refractivity contribution in [3.05, 3.63) is 89.7 Å². The van der Waals surface area contributed by atoms with Crippen molar-refractivity contribution < 1.29 is 32.9 Å². The van der Waals surface area contributed by atoms with Crippen LogP contribution in [-0.2, 0) is 11.3 Å². The van der Waals surface area contributed by atoms with Crippen LogP contribution in [0.4, 0.5) is 10.2 Å². The van der Waals surface area contributed by atoms with Crippen molar-refractivity contribution in [2.75, 3.05) is 58.6 Å². The summed E-state index contributed by atoms with van der Waals surface area (Å²) >= 11 is 0. The molecule has 232 valence electrons. The summed E-state index contributed by atoms with van der Waals surface area (Å²) in [5, 5.41) is 8.84. The van der Waals surface area contributed by atoms with Crippen molar-refractivity contribution in [3.63, 3.8) is 0 Å². The summed E-state index contributed by atoms with van der Waals surface area (Å²) in [6.07, 6.45) is 0. The second kappa shape index (κ2) is 13.1. The number of hydrogen-bond acceptors (Lipinski definition) is 9. The minimum atomic E-state index is -0.373. The van der Waals surface area contributed by atoms with Crippen LogP contribution in [0.25, 0.3) is 11.3 Å². The number of aromatic nitrogens is 2. The van der Waals surface area contributed by atoms with Crippen molar-refractivity contribution in [2.24, 2.45) is 0 Å². The number of carbonyl (C=O) groups excluding carboxylic acids is 2. The normalized spacial score (nSPS) is 13.8. The average Bonchev–Trinajstić information content (AvgIpc) is 3.56. The van der Waals surface area contributed by atoms with Crippen LogP contribution in [0.2, 0.25) is 0 Å². The molecule has 45 heavy (non-hydrogen) atoms. The maximum absolute atomic E-state index is 13.6. The van der Waals surface area contributed by atoms with Gasteiger partial charge in [-0.3, -0.25) is 9.59 Å². The number of fused-ring (bicyclic) bond motifs is 1. The Morgan fingerprint density at radius 2 is 1.60 bits per heavy atom. The molecule has 3 aromatic carbocycles. The molecule has 0 bridgehead atoms. The van der Waals surface area contributed by atoms with Crippen LogP contribution >= 0.6 is 0 Å². The van der Waals surface area contributed by atoms with Gasteiger partial charge in [-0.15, -0.1) is 10.2 Å². The number of benzene rings is 3. The number of halogens is 1. The molecule has 6 rings (SSSR count). The van der Waals surface area contributed by atoms with Gasteiger partial charge in [0.25, 0.3) is 5.91 Å². The van der Waals surface area contributed by atoms with E-state index < -0.39 is 0 Å². The first-order valence-corrected chi connectivity index (χ1v) is 14.4. The molecule has 0 aliphatic carbocycles. The van der Waals surface area contributed by atoms with Crippen molar-refractivity contribution >= 4 is 17.6 Å². The number of piperazine rings is 1. The van der Waals surface area contributed by atoms with Crippen molar-refractivity contribution in [2.45, 2.75) is 6.54 Å². The third-order valence-corrected chi connectivity index (χ3v) is 7.81. The number of ether oxygens (including phenoxy) is 4. The van der Waals surface area contributed by atoms with Crippen molar-refractivity contribution in [1.29, 1.82) is 0 Å². The van der Waals surface area contributed by atoms with Crippen LogP contribution in [0.1, 0.15) is 15.9 Å². The fourth-order valence-electron chi connectivity index (χ4n) is 5.31. The monoisotopic (exact) mass is 613 g/mol. The number of methoxy groups -OCH3 is 2. The van der Waals surface area contributed by atoms with Crippen molar-refractivity contribution in [3.8, 4) is 34.3 Å². The Morgan fingerprint density at radius 1 is 0.844 bits per heavy atom. The number of nitrogens with zero attached hydrogens (tertiary/aromatic N) is 5. The average molecular weight is 614 g/mol. The molecule has 2 aliphatic heterocycles. The molecule has 1 saturated heterocycles. The SMILES string of the molecule is COc1ccc(-c2ccc(N3CCN(C(=O)CN(Cc4ccc(F)cc4)C(=O)c4ccc5c(c4)OCO5)CC3)nn2)cc1OC. The smallest absolute Gasteiger partial charge is 0.254 e. The fraction of sp³-hybridized carbons (Fsp3) is 0.273. The van der Waals surface area contributed by atoms with Gasteiger partial charge in [0, 0.05) is 43.9 Å². The minimum Gasteiger partial charge on any atom is -0.493 e. The molecule has 2 aliphatic rings. The minimum absolute atomic E-state index is 0.0877. The molecule has 11 nitrogen and oxygen atoms in total. The maximum Gasteiger partial charge on any atom is 0.254 e. The molecule has 1 aromatic heterocycles. The molecule has 0 unspecified atom stereocenters. The van der Waals surface area contributed by atoms with E-state index in [-0.39, 0.29) is 37.5 Å². The van der Waals surface area contributed by atoms with Gasteiger partial charge in [-0.25, -0.2) is 4.39 Å². The van der Waals surface area contributed by atoms with Crippen LogP contribution in [0, 0.1) is 5.82 Å². The maximum atomic E-state index is 13.6. The quantitative estimate of drug-likeness (QED) is 0.277. The van der Waals surface area contributed by atoms with Gasteiger partial charge < -0.3 is 33.6 Å². The van der Waals surface area contributed by atoms with E-state index in [0.717, 1.165) is 5.56 Å². The summed E-state index contributed by atoms with van der Waals surface area (Å²) in [5.74, 6) is 2.10. The van der Waals surface area contributed by atoms with E-state index >= 15 is 0 Å². The first-order chi connectivity index (χ1) is 21.9. The van der Waals surface area contributed by atoms with Gasteiger partial charge in [0.2, 0.25) is 12.7 Å². The zero-order chi connectivity index (χ0) is 31.3. The summed E-state index contributed by atoms with van der Waals surface area (Å²) in [6, 6.07) is 20.2. The third kappa shape index (κ3) is 6.59. The van der Waals surface area contributed by atoms with Gasteiger partial charge in [-0.1, -0.05) is 12.1 Å². The number of hydrogen-bond donors (Lipinski definition) is 0. The molecule has 12 heteroatoms. The molecule has 0 saturated carbocycles. The topological polar surface area (TPSA) is 107 Å². The highest BCUT2D eigenvalue weighted by atomic mass is 19.1. The highest BCUT2D eigenvalue weighted by Gasteiger charge is 2.27. The van der Waals surface area contributed by atoms with Gasteiger partial charge in [0.05, 0.1) is 19.9 Å². The molecular formula is C33H32FN5O6. The predicted molar refractivity (Wildman–Crippen MR) is 163 cm³/mol. The second-order valence-corrected chi connectivity index (χ2v) is 10.6. The predicted octanol–water partition coefficient (Wildman–Crippen LogP) is 4.02. The van der Waals surface area contributed by atoms with Crippen LogP contribution in [0.15, 0.2) is 72.8 Å². The zero-order valence-electron chi connectivity index (χ0n) is 24.9. The number of carbonyl (C=O) groups is 2.